The molecule has 0 aromatic carbocycles. The Morgan fingerprint density at radius 1 is 1.13 bits per heavy atom. The van der Waals surface area contributed by atoms with Crippen molar-refractivity contribution >= 4 is 35.0 Å². The molecule has 4 unspecified atom stereocenters. The summed E-state index contributed by atoms with van der Waals surface area (Å²) in [5.74, 6) is -0.469. The summed E-state index contributed by atoms with van der Waals surface area (Å²) in [4.78, 5) is 56.0. The number of rotatable bonds is 3. The third kappa shape index (κ3) is 3.73. The zero-order valence-corrected chi connectivity index (χ0v) is 18.2. The summed E-state index contributed by atoms with van der Waals surface area (Å²) in [6, 6.07) is 1.74. The van der Waals surface area contributed by atoms with E-state index in [9.17, 15) is 19.2 Å². The third-order valence-electron chi connectivity index (χ3n) is 7.18. The third-order valence-corrected chi connectivity index (χ3v) is 8.05. The molecule has 31 heavy (non-hydrogen) atoms. The van der Waals surface area contributed by atoms with Crippen LogP contribution < -0.4 is 10.6 Å². The minimum Gasteiger partial charge on any atom is -0.349 e. The van der Waals surface area contributed by atoms with Gasteiger partial charge in [0.25, 0.3) is 5.91 Å². The fourth-order valence-corrected chi connectivity index (χ4v) is 6.25. The molecule has 4 amide bonds. The van der Waals surface area contributed by atoms with Crippen LogP contribution in [-0.4, -0.2) is 70.7 Å². The van der Waals surface area contributed by atoms with Gasteiger partial charge in [0.15, 0.2) is 0 Å². The quantitative estimate of drug-likeness (QED) is 0.730. The van der Waals surface area contributed by atoms with Crippen LogP contribution in [0.3, 0.4) is 0 Å². The molecule has 3 saturated heterocycles. The molecule has 4 fully saturated rings. The van der Waals surface area contributed by atoms with Gasteiger partial charge in [-0.1, -0.05) is 25.3 Å². The Kier molecular flexibility index (Phi) is 5.45. The molecule has 3 aliphatic heterocycles. The lowest BCUT2D eigenvalue weighted by Crippen LogP contribution is -2.53. The number of hydrogen-bond acceptors (Lipinski definition) is 5. The SMILES string of the molecule is O=C(NC1CC2C(=O)NC3CCN(C(=O)C4CCCCC4)C3C(=O)N2C1)c1cccs1. The molecule has 4 aliphatic rings. The van der Waals surface area contributed by atoms with Crippen molar-refractivity contribution in [2.45, 2.75) is 69.1 Å². The van der Waals surface area contributed by atoms with Gasteiger partial charge in [-0.15, -0.1) is 11.3 Å². The molecule has 166 valence electrons. The number of thiophene rings is 1. The fourth-order valence-electron chi connectivity index (χ4n) is 5.63. The van der Waals surface area contributed by atoms with E-state index in [1.165, 1.54) is 17.8 Å². The van der Waals surface area contributed by atoms with E-state index in [1.54, 1.807) is 15.9 Å². The van der Waals surface area contributed by atoms with Crippen molar-refractivity contribution in [3.8, 4) is 0 Å². The summed E-state index contributed by atoms with van der Waals surface area (Å²) in [5, 5.41) is 7.83. The van der Waals surface area contributed by atoms with Gasteiger partial charge in [0.2, 0.25) is 17.7 Å². The maximum atomic E-state index is 13.5. The summed E-state index contributed by atoms with van der Waals surface area (Å²) < 4.78 is 0. The normalized spacial score (nSPS) is 31.1. The van der Waals surface area contributed by atoms with Crippen LogP contribution in [-0.2, 0) is 14.4 Å². The number of nitrogens with one attached hydrogen (secondary N) is 2. The van der Waals surface area contributed by atoms with Gasteiger partial charge >= 0.3 is 0 Å². The van der Waals surface area contributed by atoms with E-state index in [4.69, 9.17) is 0 Å². The summed E-state index contributed by atoms with van der Waals surface area (Å²) in [6.07, 6.45) is 6.06. The molecule has 2 N–H and O–H groups in total. The zero-order chi connectivity index (χ0) is 21.5. The Hall–Kier alpha value is -2.42. The van der Waals surface area contributed by atoms with Crippen molar-refractivity contribution < 1.29 is 19.2 Å². The minimum atomic E-state index is -0.630. The van der Waals surface area contributed by atoms with Crippen LogP contribution in [0.25, 0.3) is 0 Å². The topological polar surface area (TPSA) is 98.8 Å². The van der Waals surface area contributed by atoms with Gasteiger partial charge in [-0.25, -0.2) is 0 Å². The van der Waals surface area contributed by atoms with Gasteiger partial charge in [0.05, 0.1) is 10.9 Å². The Bertz CT molecular complexity index is 882. The Labute approximate surface area is 185 Å². The van der Waals surface area contributed by atoms with Crippen molar-refractivity contribution in [3.63, 3.8) is 0 Å². The summed E-state index contributed by atoms with van der Waals surface area (Å²) >= 11 is 1.36. The lowest BCUT2D eigenvalue weighted by molar-refractivity contribution is -0.147. The van der Waals surface area contributed by atoms with Crippen LogP contribution in [0.1, 0.15) is 54.6 Å². The summed E-state index contributed by atoms with van der Waals surface area (Å²) in [5.41, 5.74) is 0. The van der Waals surface area contributed by atoms with Crippen LogP contribution in [0.15, 0.2) is 17.5 Å². The van der Waals surface area contributed by atoms with Crippen molar-refractivity contribution in [2.75, 3.05) is 13.1 Å². The van der Waals surface area contributed by atoms with Gasteiger partial charge < -0.3 is 20.4 Å². The summed E-state index contributed by atoms with van der Waals surface area (Å²) in [7, 11) is 0. The highest BCUT2D eigenvalue weighted by atomic mass is 32.1. The Balaban J connectivity index is 1.32. The van der Waals surface area contributed by atoms with Crippen molar-refractivity contribution in [2.24, 2.45) is 5.92 Å². The van der Waals surface area contributed by atoms with Crippen LogP contribution in [0.4, 0.5) is 0 Å². The predicted octanol–water partition coefficient (Wildman–Crippen LogP) is 1.13. The molecule has 1 saturated carbocycles. The van der Waals surface area contributed by atoms with E-state index >= 15 is 0 Å². The molecule has 0 bridgehead atoms. The smallest absolute Gasteiger partial charge is 0.261 e. The Morgan fingerprint density at radius 2 is 1.94 bits per heavy atom. The molecular formula is C22H28N4O4S. The first-order chi connectivity index (χ1) is 15.0. The average Bonchev–Trinajstić information content (AvgIpc) is 3.52. The molecular weight excluding hydrogens is 416 g/mol. The monoisotopic (exact) mass is 444 g/mol. The molecule has 4 heterocycles. The zero-order valence-electron chi connectivity index (χ0n) is 17.4. The molecule has 0 spiro atoms. The highest BCUT2D eigenvalue weighted by Crippen LogP contribution is 2.33. The second kappa shape index (κ2) is 8.26. The van der Waals surface area contributed by atoms with Crippen LogP contribution in [0, 0.1) is 5.92 Å². The average molecular weight is 445 g/mol. The largest absolute Gasteiger partial charge is 0.349 e. The van der Waals surface area contributed by atoms with E-state index in [-0.39, 0.29) is 41.6 Å². The molecule has 9 heteroatoms. The van der Waals surface area contributed by atoms with E-state index in [2.05, 4.69) is 10.6 Å². The van der Waals surface area contributed by atoms with E-state index in [0.29, 0.717) is 30.8 Å². The first kappa shape index (κ1) is 20.5. The molecule has 0 radical (unpaired) electrons. The van der Waals surface area contributed by atoms with Gasteiger partial charge in [0.1, 0.15) is 12.1 Å². The van der Waals surface area contributed by atoms with Crippen LogP contribution in [0.2, 0.25) is 0 Å². The molecule has 1 aromatic rings. The van der Waals surface area contributed by atoms with Crippen molar-refractivity contribution in [1.29, 1.82) is 0 Å². The first-order valence-electron chi connectivity index (χ1n) is 11.3. The molecule has 4 atom stereocenters. The number of carbonyl (C=O) groups is 4. The number of carbonyl (C=O) groups excluding carboxylic acids is 4. The van der Waals surface area contributed by atoms with Gasteiger partial charge in [0, 0.05) is 25.0 Å². The van der Waals surface area contributed by atoms with Gasteiger partial charge in [-0.05, 0) is 37.1 Å². The standard InChI is InChI=1S/C22H28N4O4S/c27-19-16-11-14(23-20(28)17-7-4-10-31-17)12-26(16)22(30)18-15(24-19)8-9-25(18)21(29)13-5-2-1-3-6-13/h4,7,10,13-16,18H,1-3,5-6,8-9,11-12H2,(H,23,28)(H,24,27). The van der Waals surface area contributed by atoms with E-state index < -0.39 is 12.1 Å². The number of amides is 4. The lowest BCUT2D eigenvalue weighted by atomic mass is 9.88. The molecule has 1 aromatic heterocycles. The number of nitrogens with zero attached hydrogens (tertiary/aromatic N) is 2. The second-order valence-corrected chi connectivity index (χ2v) is 10.1. The van der Waals surface area contributed by atoms with Crippen LogP contribution >= 0.6 is 11.3 Å². The maximum absolute atomic E-state index is 13.5. The minimum absolute atomic E-state index is 0.00791. The van der Waals surface area contributed by atoms with Crippen LogP contribution in [0.5, 0.6) is 0 Å². The Morgan fingerprint density at radius 3 is 2.68 bits per heavy atom. The highest BCUT2D eigenvalue weighted by molar-refractivity contribution is 7.12. The van der Waals surface area contributed by atoms with E-state index in [0.717, 1.165) is 25.7 Å². The number of fused-ring (bicyclic) bond motifs is 2. The highest BCUT2D eigenvalue weighted by Gasteiger charge is 2.53. The molecule has 1 aliphatic carbocycles. The fraction of sp³-hybridized carbons (Fsp3) is 0.636. The maximum Gasteiger partial charge on any atom is 0.261 e. The van der Waals surface area contributed by atoms with Crippen molar-refractivity contribution in [1.82, 2.24) is 20.4 Å². The number of likely N-dealkylation sites (tertiary alicyclic amines) is 1. The lowest BCUT2D eigenvalue weighted by Gasteiger charge is -2.32. The second-order valence-electron chi connectivity index (χ2n) is 9.10. The predicted molar refractivity (Wildman–Crippen MR) is 114 cm³/mol. The van der Waals surface area contributed by atoms with Crippen molar-refractivity contribution in [3.05, 3.63) is 22.4 Å². The number of hydrogen-bond donors (Lipinski definition) is 2. The first-order valence-corrected chi connectivity index (χ1v) is 12.2. The summed E-state index contributed by atoms with van der Waals surface area (Å²) in [6.45, 7) is 0.802. The molecule has 8 nitrogen and oxygen atoms in total. The van der Waals surface area contributed by atoms with Gasteiger partial charge in [-0.3, -0.25) is 19.2 Å². The van der Waals surface area contributed by atoms with Gasteiger partial charge in [-0.2, -0.15) is 0 Å². The van der Waals surface area contributed by atoms with E-state index in [1.807, 2.05) is 11.4 Å². The molecule has 5 rings (SSSR count).